The van der Waals surface area contributed by atoms with Gasteiger partial charge in [-0.3, -0.25) is 0 Å². The lowest BCUT2D eigenvalue weighted by atomic mass is 10.0. The molecule has 0 spiro atoms. The van der Waals surface area contributed by atoms with Gasteiger partial charge in [-0.2, -0.15) is 0 Å². The molecular weight excluding hydrogens is 260 g/mol. The predicted octanol–water partition coefficient (Wildman–Crippen LogP) is 5.65. The molecule has 0 nitrogen and oxygen atoms in total. The number of thiophene rings is 1. The highest BCUT2D eigenvalue weighted by atomic mass is 32.1. The molecular formula is C19H16S. The van der Waals surface area contributed by atoms with E-state index in [-0.39, 0.29) is 0 Å². The van der Waals surface area contributed by atoms with Crippen LogP contribution in [0.5, 0.6) is 0 Å². The Morgan fingerprint density at radius 3 is 2.05 bits per heavy atom. The van der Waals surface area contributed by atoms with E-state index < -0.39 is 0 Å². The second-order valence-corrected chi connectivity index (χ2v) is 6.03. The SMILES string of the molecule is Cc1ccc(/C(=C/c2ccccc2)c2ccccc2)s1. The zero-order chi connectivity index (χ0) is 13.8. The van der Waals surface area contributed by atoms with Gasteiger partial charge in [0.1, 0.15) is 0 Å². The van der Waals surface area contributed by atoms with Gasteiger partial charge in [0.05, 0.1) is 0 Å². The average Bonchev–Trinajstić information content (AvgIpc) is 2.93. The third-order valence-corrected chi connectivity index (χ3v) is 4.24. The van der Waals surface area contributed by atoms with Crippen LogP contribution in [0, 0.1) is 6.92 Å². The first-order valence-electron chi connectivity index (χ1n) is 6.72. The molecule has 0 fully saturated rings. The number of benzene rings is 2. The Bertz CT molecular complexity index is 706. The standard InChI is InChI=1S/C19H16S/c1-15-12-13-19(20-15)18(17-10-6-3-7-11-17)14-16-8-4-2-5-9-16/h2-14H,1H3/b18-14+. The Morgan fingerprint density at radius 1 is 0.800 bits per heavy atom. The van der Waals surface area contributed by atoms with Crippen LogP contribution in [0.2, 0.25) is 0 Å². The molecule has 2 aromatic carbocycles. The fourth-order valence-electron chi connectivity index (χ4n) is 2.21. The van der Waals surface area contributed by atoms with Gasteiger partial charge in [-0.05, 0) is 41.8 Å². The van der Waals surface area contributed by atoms with E-state index in [0.717, 1.165) is 0 Å². The maximum absolute atomic E-state index is 2.26. The number of rotatable bonds is 3. The molecule has 0 radical (unpaired) electrons. The van der Waals surface area contributed by atoms with Crippen molar-refractivity contribution in [2.45, 2.75) is 6.92 Å². The normalized spacial score (nSPS) is 11.6. The van der Waals surface area contributed by atoms with Crippen molar-refractivity contribution in [1.82, 2.24) is 0 Å². The summed E-state index contributed by atoms with van der Waals surface area (Å²) in [6.07, 6.45) is 2.26. The molecule has 0 aliphatic carbocycles. The average molecular weight is 276 g/mol. The van der Waals surface area contributed by atoms with Crippen molar-refractivity contribution in [2.24, 2.45) is 0 Å². The first-order chi connectivity index (χ1) is 9.83. The highest BCUT2D eigenvalue weighted by Crippen LogP contribution is 2.31. The van der Waals surface area contributed by atoms with Crippen molar-refractivity contribution in [1.29, 1.82) is 0 Å². The molecule has 3 rings (SSSR count). The van der Waals surface area contributed by atoms with Crippen LogP contribution >= 0.6 is 11.3 Å². The third kappa shape index (κ3) is 2.89. The molecule has 0 amide bonds. The highest BCUT2D eigenvalue weighted by molar-refractivity contribution is 7.13. The van der Waals surface area contributed by atoms with Crippen molar-refractivity contribution in [3.8, 4) is 0 Å². The molecule has 0 atom stereocenters. The van der Waals surface area contributed by atoms with E-state index in [0.29, 0.717) is 0 Å². The van der Waals surface area contributed by atoms with Crippen LogP contribution < -0.4 is 0 Å². The molecule has 0 unspecified atom stereocenters. The minimum Gasteiger partial charge on any atom is -0.141 e. The van der Waals surface area contributed by atoms with E-state index in [1.165, 1.54) is 26.5 Å². The molecule has 98 valence electrons. The fraction of sp³-hybridized carbons (Fsp3) is 0.0526. The summed E-state index contributed by atoms with van der Waals surface area (Å²) in [6.45, 7) is 2.15. The summed E-state index contributed by atoms with van der Waals surface area (Å²) >= 11 is 1.84. The van der Waals surface area contributed by atoms with Gasteiger partial charge in [0.25, 0.3) is 0 Å². The largest absolute Gasteiger partial charge is 0.141 e. The third-order valence-electron chi connectivity index (χ3n) is 3.20. The molecule has 0 aliphatic heterocycles. The molecule has 0 bridgehead atoms. The molecule has 3 aromatic rings. The quantitative estimate of drug-likeness (QED) is 0.543. The van der Waals surface area contributed by atoms with E-state index in [9.17, 15) is 0 Å². The number of hydrogen-bond acceptors (Lipinski definition) is 1. The van der Waals surface area contributed by atoms with Gasteiger partial charge in [0.2, 0.25) is 0 Å². The Morgan fingerprint density at radius 2 is 1.45 bits per heavy atom. The minimum atomic E-state index is 1.23. The molecule has 0 N–H and O–H groups in total. The topological polar surface area (TPSA) is 0 Å². The van der Waals surface area contributed by atoms with E-state index in [2.05, 4.69) is 85.8 Å². The lowest BCUT2D eigenvalue weighted by molar-refractivity contribution is 1.60. The van der Waals surface area contributed by atoms with Crippen LogP contribution in [0.1, 0.15) is 20.9 Å². The van der Waals surface area contributed by atoms with E-state index >= 15 is 0 Å². The molecule has 1 heteroatoms. The van der Waals surface area contributed by atoms with Crippen LogP contribution in [0.4, 0.5) is 0 Å². The predicted molar refractivity (Wildman–Crippen MR) is 88.9 cm³/mol. The van der Waals surface area contributed by atoms with Gasteiger partial charge < -0.3 is 0 Å². The first-order valence-corrected chi connectivity index (χ1v) is 7.53. The van der Waals surface area contributed by atoms with Crippen molar-refractivity contribution in [3.63, 3.8) is 0 Å². The maximum Gasteiger partial charge on any atom is 0.0351 e. The smallest absolute Gasteiger partial charge is 0.0351 e. The van der Waals surface area contributed by atoms with E-state index in [1.54, 1.807) is 0 Å². The molecule has 1 heterocycles. The Balaban J connectivity index is 2.11. The van der Waals surface area contributed by atoms with Crippen LogP contribution in [0.15, 0.2) is 72.8 Å². The molecule has 0 aliphatic rings. The minimum absolute atomic E-state index is 1.23. The van der Waals surface area contributed by atoms with Crippen molar-refractivity contribution in [2.75, 3.05) is 0 Å². The molecule has 0 saturated heterocycles. The van der Waals surface area contributed by atoms with Gasteiger partial charge >= 0.3 is 0 Å². The van der Waals surface area contributed by atoms with E-state index in [4.69, 9.17) is 0 Å². The highest BCUT2D eigenvalue weighted by Gasteiger charge is 2.07. The lowest BCUT2D eigenvalue weighted by Crippen LogP contribution is -1.84. The van der Waals surface area contributed by atoms with Crippen LogP contribution in [-0.4, -0.2) is 0 Å². The summed E-state index contributed by atoms with van der Waals surface area (Å²) in [5.41, 5.74) is 3.78. The summed E-state index contributed by atoms with van der Waals surface area (Å²) in [5.74, 6) is 0. The molecule has 20 heavy (non-hydrogen) atoms. The zero-order valence-electron chi connectivity index (χ0n) is 11.4. The Hall–Kier alpha value is -2.12. The van der Waals surface area contributed by atoms with Gasteiger partial charge in [0, 0.05) is 9.75 Å². The Kier molecular flexibility index (Phi) is 3.80. The number of hydrogen-bond donors (Lipinski definition) is 0. The van der Waals surface area contributed by atoms with Gasteiger partial charge in [-0.25, -0.2) is 0 Å². The maximum atomic E-state index is 2.26. The van der Waals surface area contributed by atoms with Gasteiger partial charge in [0.15, 0.2) is 0 Å². The fourth-order valence-corrected chi connectivity index (χ4v) is 3.12. The van der Waals surface area contributed by atoms with Gasteiger partial charge in [-0.1, -0.05) is 60.7 Å². The van der Waals surface area contributed by atoms with Crippen molar-refractivity contribution < 1.29 is 0 Å². The summed E-state index contributed by atoms with van der Waals surface area (Å²) in [5, 5.41) is 0. The van der Waals surface area contributed by atoms with E-state index in [1.807, 2.05) is 11.3 Å². The summed E-state index contributed by atoms with van der Waals surface area (Å²) < 4.78 is 0. The van der Waals surface area contributed by atoms with Crippen LogP contribution in [0.3, 0.4) is 0 Å². The monoisotopic (exact) mass is 276 g/mol. The van der Waals surface area contributed by atoms with Crippen LogP contribution in [-0.2, 0) is 0 Å². The summed E-state index contributed by atoms with van der Waals surface area (Å²) in [4.78, 5) is 2.66. The van der Waals surface area contributed by atoms with Crippen molar-refractivity contribution >= 4 is 23.0 Å². The Labute approximate surface area is 124 Å². The summed E-state index contributed by atoms with van der Waals surface area (Å²) in [7, 11) is 0. The first kappa shape index (κ1) is 12.9. The second kappa shape index (κ2) is 5.89. The molecule has 1 aromatic heterocycles. The zero-order valence-corrected chi connectivity index (χ0v) is 12.2. The lowest BCUT2D eigenvalue weighted by Gasteiger charge is -2.06. The van der Waals surface area contributed by atoms with Gasteiger partial charge in [-0.15, -0.1) is 11.3 Å². The number of aryl methyl sites for hydroxylation is 1. The second-order valence-electron chi connectivity index (χ2n) is 4.75. The van der Waals surface area contributed by atoms with Crippen molar-refractivity contribution in [3.05, 3.63) is 93.7 Å². The van der Waals surface area contributed by atoms with Crippen LogP contribution in [0.25, 0.3) is 11.6 Å². The molecule has 0 saturated carbocycles. The summed E-state index contributed by atoms with van der Waals surface area (Å²) in [6, 6.07) is 25.5.